The van der Waals surface area contributed by atoms with Gasteiger partial charge in [-0.3, -0.25) is 0 Å². The number of nitrogens with zero attached hydrogens (tertiary/aromatic N) is 2. The van der Waals surface area contributed by atoms with Crippen LogP contribution in [0.3, 0.4) is 0 Å². The Labute approximate surface area is 93.5 Å². The number of rotatable bonds is 0. The summed E-state index contributed by atoms with van der Waals surface area (Å²) in [7, 11) is 0. The van der Waals surface area contributed by atoms with E-state index in [1.165, 1.54) is 0 Å². The van der Waals surface area contributed by atoms with Crippen molar-refractivity contribution in [1.82, 2.24) is 0 Å². The molecule has 1 aliphatic rings. The van der Waals surface area contributed by atoms with Gasteiger partial charge in [-0.2, -0.15) is 9.99 Å². The van der Waals surface area contributed by atoms with Gasteiger partial charge in [0.05, 0.1) is 0 Å². The molecule has 0 amide bonds. The number of halogens is 1. The Hall–Kier alpha value is -1.27. The van der Waals surface area contributed by atoms with Crippen molar-refractivity contribution < 1.29 is 4.73 Å². The van der Waals surface area contributed by atoms with Crippen LogP contribution >= 0.6 is 11.6 Å². The van der Waals surface area contributed by atoms with Crippen LogP contribution in [0, 0.1) is 23.5 Å². The van der Waals surface area contributed by atoms with Gasteiger partial charge in [0.1, 0.15) is 11.6 Å². The highest BCUT2D eigenvalue weighted by atomic mass is 35.5. The average Bonchev–Trinajstić information content (AvgIpc) is 2.27. The Morgan fingerprint density at radius 2 is 2.07 bits per heavy atom. The molecule has 1 heterocycles. The molecule has 2 rings (SSSR count). The Bertz CT molecular complexity index is 459. The largest absolute Gasteiger partial charge is 0.617 e. The SMILES string of the molecule is Cc1c(C#N)c(Cl)[n+]([O-])c2c1CCCC2. The van der Waals surface area contributed by atoms with E-state index in [1.54, 1.807) is 0 Å². The van der Waals surface area contributed by atoms with Crippen LogP contribution in [0.5, 0.6) is 0 Å². The van der Waals surface area contributed by atoms with Crippen LogP contribution in [0.2, 0.25) is 5.15 Å². The quantitative estimate of drug-likeness (QED) is 0.383. The summed E-state index contributed by atoms with van der Waals surface area (Å²) in [5.74, 6) is 0. The van der Waals surface area contributed by atoms with Gasteiger partial charge in [0.25, 0.3) is 0 Å². The predicted molar refractivity (Wildman–Crippen MR) is 56.5 cm³/mol. The molecule has 0 bridgehead atoms. The molecule has 0 radical (unpaired) electrons. The number of fused-ring (bicyclic) bond motifs is 1. The van der Waals surface area contributed by atoms with Crippen molar-refractivity contribution in [3.63, 3.8) is 0 Å². The minimum absolute atomic E-state index is 0.0238. The maximum Gasteiger partial charge on any atom is 0.304 e. The molecule has 0 atom stereocenters. The minimum atomic E-state index is 0.0238. The lowest BCUT2D eigenvalue weighted by Gasteiger charge is -2.18. The zero-order chi connectivity index (χ0) is 11.0. The summed E-state index contributed by atoms with van der Waals surface area (Å²) in [6.45, 7) is 1.87. The van der Waals surface area contributed by atoms with Gasteiger partial charge in [0.2, 0.25) is 0 Å². The second-order valence-corrected chi connectivity index (χ2v) is 4.19. The molecule has 3 nitrogen and oxygen atoms in total. The maximum absolute atomic E-state index is 11.8. The molecule has 15 heavy (non-hydrogen) atoms. The molecule has 0 aliphatic heterocycles. The van der Waals surface area contributed by atoms with Crippen LogP contribution in [0.25, 0.3) is 0 Å². The van der Waals surface area contributed by atoms with Gasteiger partial charge in [-0.05, 0) is 43.4 Å². The molecule has 4 heteroatoms. The summed E-state index contributed by atoms with van der Waals surface area (Å²) >= 11 is 5.86. The fourth-order valence-corrected chi connectivity index (χ4v) is 2.46. The highest BCUT2D eigenvalue weighted by molar-refractivity contribution is 6.29. The van der Waals surface area contributed by atoms with Crippen LogP contribution in [0.1, 0.15) is 35.2 Å². The van der Waals surface area contributed by atoms with Gasteiger partial charge in [-0.15, -0.1) is 0 Å². The van der Waals surface area contributed by atoms with Crippen LogP contribution in [0.4, 0.5) is 0 Å². The van der Waals surface area contributed by atoms with Crippen molar-refractivity contribution >= 4 is 11.6 Å². The molecule has 1 aliphatic carbocycles. The zero-order valence-electron chi connectivity index (χ0n) is 8.51. The van der Waals surface area contributed by atoms with Crippen LogP contribution < -0.4 is 4.73 Å². The van der Waals surface area contributed by atoms with Gasteiger partial charge < -0.3 is 5.21 Å². The Kier molecular flexibility index (Phi) is 2.54. The lowest BCUT2D eigenvalue weighted by Crippen LogP contribution is -2.37. The van der Waals surface area contributed by atoms with Crippen molar-refractivity contribution in [3.8, 4) is 6.07 Å². The van der Waals surface area contributed by atoms with Gasteiger partial charge >= 0.3 is 5.15 Å². The predicted octanol–water partition coefficient (Wildman–Crippen LogP) is 2.03. The van der Waals surface area contributed by atoms with Crippen LogP contribution in [-0.4, -0.2) is 0 Å². The normalized spacial score (nSPS) is 14.5. The van der Waals surface area contributed by atoms with Gasteiger partial charge in [0, 0.05) is 12.0 Å². The summed E-state index contributed by atoms with van der Waals surface area (Å²) in [6, 6.07) is 2.00. The standard InChI is InChI=1S/C11H11ClN2O/c1-7-8-4-2-3-5-10(8)14(15)11(12)9(7)6-13/h2-5H2,1H3. The van der Waals surface area contributed by atoms with E-state index in [0.29, 0.717) is 5.56 Å². The fourth-order valence-electron chi connectivity index (χ4n) is 2.17. The van der Waals surface area contributed by atoms with E-state index in [4.69, 9.17) is 16.9 Å². The van der Waals surface area contributed by atoms with Crippen molar-refractivity contribution in [1.29, 1.82) is 5.26 Å². The smallest absolute Gasteiger partial charge is 0.304 e. The van der Waals surface area contributed by atoms with Gasteiger partial charge in [0.15, 0.2) is 5.69 Å². The van der Waals surface area contributed by atoms with Gasteiger partial charge in [-0.1, -0.05) is 0 Å². The molecule has 0 N–H and O–H groups in total. The molecule has 0 unspecified atom stereocenters. The van der Waals surface area contributed by atoms with E-state index in [1.807, 2.05) is 13.0 Å². The zero-order valence-corrected chi connectivity index (χ0v) is 9.26. The number of aromatic nitrogens is 1. The van der Waals surface area contributed by atoms with E-state index in [9.17, 15) is 5.21 Å². The monoisotopic (exact) mass is 222 g/mol. The molecule has 0 saturated heterocycles. The number of pyridine rings is 1. The summed E-state index contributed by atoms with van der Waals surface area (Å²) in [5, 5.41) is 20.7. The summed E-state index contributed by atoms with van der Waals surface area (Å²) < 4.78 is 0.724. The molecule has 0 spiro atoms. The molecule has 0 aromatic carbocycles. The highest BCUT2D eigenvalue weighted by Gasteiger charge is 2.26. The van der Waals surface area contributed by atoms with Crippen molar-refractivity contribution in [3.05, 3.63) is 32.7 Å². The second kappa shape index (κ2) is 3.71. The Morgan fingerprint density at radius 3 is 2.73 bits per heavy atom. The minimum Gasteiger partial charge on any atom is -0.617 e. The van der Waals surface area contributed by atoms with E-state index < -0.39 is 0 Å². The maximum atomic E-state index is 11.8. The average molecular weight is 223 g/mol. The molecule has 78 valence electrons. The third-order valence-electron chi connectivity index (χ3n) is 3.01. The van der Waals surface area contributed by atoms with Crippen molar-refractivity contribution in [2.75, 3.05) is 0 Å². The molecule has 0 saturated carbocycles. The first-order valence-corrected chi connectivity index (χ1v) is 5.38. The molecule has 0 fully saturated rings. The number of nitriles is 1. The second-order valence-electron chi connectivity index (χ2n) is 3.83. The highest BCUT2D eigenvalue weighted by Crippen LogP contribution is 2.26. The van der Waals surface area contributed by atoms with E-state index in [2.05, 4.69) is 0 Å². The first-order chi connectivity index (χ1) is 7.16. The lowest BCUT2D eigenvalue weighted by atomic mass is 9.91. The first-order valence-electron chi connectivity index (χ1n) is 5.00. The van der Waals surface area contributed by atoms with Gasteiger partial charge in [-0.25, -0.2) is 0 Å². The van der Waals surface area contributed by atoms with Crippen molar-refractivity contribution in [2.24, 2.45) is 0 Å². The van der Waals surface area contributed by atoms with Crippen LogP contribution in [0.15, 0.2) is 0 Å². The summed E-state index contributed by atoms with van der Waals surface area (Å²) in [4.78, 5) is 0. The first kappa shape index (κ1) is 10.3. The lowest BCUT2D eigenvalue weighted by molar-refractivity contribution is -0.612. The van der Waals surface area contributed by atoms with Crippen molar-refractivity contribution in [2.45, 2.75) is 32.6 Å². The topological polar surface area (TPSA) is 50.7 Å². The van der Waals surface area contributed by atoms with E-state index in [-0.39, 0.29) is 5.15 Å². The Morgan fingerprint density at radius 1 is 1.40 bits per heavy atom. The number of hydrogen-bond donors (Lipinski definition) is 0. The molecule has 1 aromatic rings. The molecule has 1 aromatic heterocycles. The summed E-state index contributed by atoms with van der Waals surface area (Å²) in [6.07, 6.45) is 3.76. The molecular formula is C11H11ClN2O. The Balaban J connectivity index is 2.76. The third kappa shape index (κ3) is 1.46. The number of hydrogen-bond acceptors (Lipinski definition) is 2. The summed E-state index contributed by atoms with van der Waals surface area (Å²) in [5.41, 5.74) is 2.98. The fraction of sp³-hybridized carbons (Fsp3) is 0.455. The van der Waals surface area contributed by atoms with Crippen LogP contribution in [-0.2, 0) is 12.8 Å². The third-order valence-corrected chi connectivity index (χ3v) is 3.35. The molecular weight excluding hydrogens is 212 g/mol. The van der Waals surface area contributed by atoms with E-state index >= 15 is 0 Å². The van der Waals surface area contributed by atoms with E-state index in [0.717, 1.165) is 47.2 Å².